The number of nitrogens with zero attached hydrogens (tertiary/aromatic N) is 2. The van der Waals surface area contributed by atoms with Gasteiger partial charge in [0.15, 0.2) is 0 Å². The highest BCUT2D eigenvalue weighted by Crippen LogP contribution is 2.09. The van der Waals surface area contributed by atoms with Crippen LogP contribution in [0.2, 0.25) is 0 Å². The van der Waals surface area contributed by atoms with Crippen molar-refractivity contribution in [3.8, 4) is 0 Å². The number of sulfonamides is 1. The lowest BCUT2D eigenvalue weighted by Gasteiger charge is -2.36. The summed E-state index contributed by atoms with van der Waals surface area (Å²) in [6.45, 7) is 1.57. The number of amides is 1. The van der Waals surface area contributed by atoms with Gasteiger partial charge in [0.25, 0.3) is 5.91 Å². The van der Waals surface area contributed by atoms with E-state index in [1.54, 1.807) is 10.4 Å². The van der Waals surface area contributed by atoms with E-state index in [2.05, 4.69) is 0 Å². The van der Waals surface area contributed by atoms with Crippen LogP contribution in [0.25, 0.3) is 0 Å². The maximum atomic E-state index is 11.3. The third-order valence-electron chi connectivity index (χ3n) is 2.82. The van der Waals surface area contributed by atoms with Crippen LogP contribution in [0.1, 0.15) is 0 Å². The van der Waals surface area contributed by atoms with E-state index in [0.717, 1.165) is 6.26 Å². The van der Waals surface area contributed by atoms with Crippen LogP contribution in [-0.4, -0.2) is 73.8 Å². The smallest absolute Gasteiger partial charge is 0.261 e. The molecule has 0 aliphatic carbocycles. The zero-order valence-electron chi connectivity index (χ0n) is 9.66. The second-order valence-corrected chi connectivity index (χ2v) is 5.91. The molecule has 0 aromatic carbocycles. The van der Waals surface area contributed by atoms with Crippen molar-refractivity contribution in [2.75, 3.05) is 39.0 Å². The first-order valence-electron chi connectivity index (χ1n) is 5.23. The molecule has 0 aromatic rings. The predicted molar refractivity (Wildman–Crippen MR) is 60.8 cm³/mol. The normalized spacial score (nSPS) is 21.1. The maximum Gasteiger partial charge on any atom is 0.261 e. The second kappa shape index (κ2) is 5.74. The molecule has 1 amide bonds. The van der Waals surface area contributed by atoms with Gasteiger partial charge in [-0.15, -0.1) is 0 Å². The Hall–Kier alpha value is -0.740. The molecule has 100 valence electrons. The first-order valence-corrected chi connectivity index (χ1v) is 7.08. The molecule has 1 aliphatic rings. The average Bonchev–Trinajstić information content (AvgIpc) is 2.29. The minimum Gasteiger partial charge on any atom is -0.328 e. The molecule has 9 heteroatoms. The van der Waals surface area contributed by atoms with Gasteiger partial charge in [-0.2, -0.15) is 4.31 Å². The lowest BCUT2D eigenvalue weighted by atomic mass is 10.2. The van der Waals surface area contributed by atoms with Gasteiger partial charge in [-0.05, 0) is 0 Å². The van der Waals surface area contributed by atoms with E-state index in [0.29, 0.717) is 26.2 Å². The Labute approximate surface area is 100 Å². The summed E-state index contributed by atoms with van der Waals surface area (Å²) in [6.07, 6.45) is 1.16. The summed E-state index contributed by atoms with van der Waals surface area (Å²) >= 11 is 0. The van der Waals surface area contributed by atoms with E-state index in [1.807, 2.05) is 0 Å². The third kappa shape index (κ3) is 3.61. The zero-order chi connectivity index (χ0) is 13.1. The molecule has 0 aromatic heterocycles. The average molecular weight is 266 g/mol. The topological polar surface area (TPSA) is 116 Å². The molecule has 4 N–H and O–H groups in total. The molecule has 0 saturated carbocycles. The van der Waals surface area contributed by atoms with Gasteiger partial charge in [0.2, 0.25) is 10.0 Å². The molecule has 0 spiro atoms. The number of hydrogen-bond donors (Lipinski definition) is 3. The Morgan fingerprint density at radius 2 is 1.94 bits per heavy atom. The van der Waals surface area contributed by atoms with Crippen molar-refractivity contribution in [2.45, 2.75) is 6.04 Å². The van der Waals surface area contributed by atoms with Gasteiger partial charge in [0.05, 0.1) is 6.26 Å². The highest BCUT2D eigenvalue weighted by molar-refractivity contribution is 7.88. The molecular weight excluding hydrogens is 248 g/mol. The maximum absolute atomic E-state index is 11.3. The summed E-state index contributed by atoms with van der Waals surface area (Å²) in [6, 6.07) is -0.623. The van der Waals surface area contributed by atoms with Gasteiger partial charge in [0.1, 0.15) is 6.04 Å². The first kappa shape index (κ1) is 14.3. The predicted octanol–water partition coefficient (Wildman–Crippen LogP) is -2.60. The Morgan fingerprint density at radius 3 is 2.29 bits per heavy atom. The van der Waals surface area contributed by atoms with Gasteiger partial charge < -0.3 is 5.73 Å². The summed E-state index contributed by atoms with van der Waals surface area (Å²) in [7, 11) is -3.18. The number of carbonyl (C=O) groups is 1. The van der Waals surface area contributed by atoms with Gasteiger partial charge in [-0.25, -0.2) is 13.9 Å². The largest absolute Gasteiger partial charge is 0.328 e. The number of nitrogens with one attached hydrogen (secondary N) is 1. The minimum absolute atomic E-state index is 0.0747. The fraction of sp³-hybridized carbons (Fsp3) is 0.875. The summed E-state index contributed by atoms with van der Waals surface area (Å²) in [5, 5.41) is 8.56. The van der Waals surface area contributed by atoms with Crippen molar-refractivity contribution in [1.82, 2.24) is 14.7 Å². The van der Waals surface area contributed by atoms with Gasteiger partial charge in [-0.1, -0.05) is 0 Å². The molecule has 0 unspecified atom stereocenters. The van der Waals surface area contributed by atoms with Crippen molar-refractivity contribution < 1.29 is 18.4 Å². The van der Waals surface area contributed by atoms with E-state index < -0.39 is 22.0 Å². The number of hydrogen-bond acceptors (Lipinski definition) is 6. The van der Waals surface area contributed by atoms with Crippen molar-refractivity contribution >= 4 is 15.9 Å². The van der Waals surface area contributed by atoms with E-state index in [-0.39, 0.29) is 6.54 Å². The first-order chi connectivity index (χ1) is 7.90. The van der Waals surface area contributed by atoms with Gasteiger partial charge in [-0.3, -0.25) is 14.9 Å². The van der Waals surface area contributed by atoms with E-state index >= 15 is 0 Å². The fourth-order valence-electron chi connectivity index (χ4n) is 1.84. The second-order valence-electron chi connectivity index (χ2n) is 3.93. The van der Waals surface area contributed by atoms with E-state index in [9.17, 15) is 13.2 Å². The number of rotatable bonds is 4. The van der Waals surface area contributed by atoms with Crippen LogP contribution in [0.5, 0.6) is 0 Å². The Morgan fingerprint density at radius 1 is 1.41 bits per heavy atom. The zero-order valence-corrected chi connectivity index (χ0v) is 10.5. The molecule has 1 fully saturated rings. The Bertz CT molecular complexity index is 364. The van der Waals surface area contributed by atoms with Gasteiger partial charge >= 0.3 is 0 Å². The molecule has 1 atom stereocenters. The van der Waals surface area contributed by atoms with Crippen LogP contribution < -0.4 is 11.2 Å². The lowest BCUT2D eigenvalue weighted by molar-refractivity contribution is -0.135. The van der Waals surface area contributed by atoms with Crippen LogP contribution in [-0.2, 0) is 14.8 Å². The third-order valence-corrected chi connectivity index (χ3v) is 4.12. The van der Waals surface area contributed by atoms with Crippen molar-refractivity contribution in [3.05, 3.63) is 0 Å². The van der Waals surface area contributed by atoms with Crippen LogP contribution in [0.15, 0.2) is 0 Å². The SMILES string of the molecule is CS(=O)(=O)N1CCN([C@@H](CN)C(=O)NO)CC1. The molecule has 1 saturated heterocycles. The molecule has 17 heavy (non-hydrogen) atoms. The highest BCUT2D eigenvalue weighted by atomic mass is 32.2. The number of piperazine rings is 1. The highest BCUT2D eigenvalue weighted by Gasteiger charge is 2.30. The monoisotopic (exact) mass is 266 g/mol. The van der Waals surface area contributed by atoms with Crippen LogP contribution in [0.4, 0.5) is 0 Å². The summed E-state index contributed by atoms with van der Waals surface area (Å²) < 4.78 is 23.9. The molecule has 1 rings (SSSR count). The number of nitrogens with two attached hydrogens (primary N) is 1. The summed E-state index contributed by atoms with van der Waals surface area (Å²) in [5.41, 5.74) is 7.02. The molecular formula is C8H18N4O4S. The number of hydroxylamine groups is 1. The number of carbonyl (C=O) groups excluding carboxylic acids is 1. The molecule has 8 nitrogen and oxygen atoms in total. The minimum atomic E-state index is -3.18. The van der Waals surface area contributed by atoms with Gasteiger partial charge in [0, 0.05) is 32.7 Å². The van der Waals surface area contributed by atoms with Crippen molar-refractivity contribution in [1.29, 1.82) is 0 Å². The van der Waals surface area contributed by atoms with Crippen LogP contribution >= 0.6 is 0 Å². The van der Waals surface area contributed by atoms with Crippen molar-refractivity contribution in [2.24, 2.45) is 5.73 Å². The summed E-state index contributed by atoms with van der Waals surface area (Å²) in [4.78, 5) is 13.1. The quantitative estimate of drug-likeness (QED) is 0.379. The van der Waals surface area contributed by atoms with Crippen LogP contribution in [0.3, 0.4) is 0 Å². The van der Waals surface area contributed by atoms with E-state index in [4.69, 9.17) is 10.9 Å². The van der Waals surface area contributed by atoms with E-state index in [1.165, 1.54) is 4.31 Å². The molecule has 0 radical (unpaired) electrons. The standard InChI is InChI=1S/C8H18N4O4S/c1-17(15,16)12-4-2-11(3-5-12)7(6-9)8(13)10-14/h7,14H,2-6,9H2,1H3,(H,10,13)/t7-/m0/s1. The Kier molecular flexibility index (Phi) is 4.83. The van der Waals surface area contributed by atoms with Crippen molar-refractivity contribution in [3.63, 3.8) is 0 Å². The Balaban J connectivity index is 2.59. The lowest BCUT2D eigenvalue weighted by Crippen LogP contribution is -2.57. The summed E-state index contributed by atoms with van der Waals surface area (Å²) in [5.74, 6) is -0.569. The van der Waals surface area contributed by atoms with Crippen LogP contribution in [0, 0.1) is 0 Å². The fourth-order valence-corrected chi connectivity index (χ4v) is 2.67. The molecule has 1 aliphatic heterocycles. The molecule has 0 bridgehead atoms. The molecule has 1 heterocycles.